The lowest BCUT2D eigenvalue weighted by molar-refractivity contribution is -0.118. The van der Waals surface area contributed by atoms with E-state index in [4.69, 9.17) is 0 Å². The minimum Gasteiger partial charge on any atom is -0.377 e. The molecule has 2 rings (SSSR count). The van der Waals surface area contributed by atoms with Crippen LogP contribution in [0.15, 0.2) is 78.6 Å². The SMILES string of the molecule is C=C\C=C(/C=C(C)/C=C/c1ccc(N(C)C)c2ccccc12)NC(C)=O. The number of carbonyl (C=O) groups excluding carboxylic acids is 1. The minimum absolute atomic E-state index is 0.101. The summed E-state index contributed by atoms with van der Waals surface area (Å²) in [4.78, 5) is 13.4. The molecule has 134 valence electrons. The number of nitrogens with one attached hydrogen (secondary N) is 1. The number of allylic oxidation sites excluding steroid dienone is 5. The van der Waals surface area contributed by atoms with Crippen molar-refractivity contribution in [1.82, 2.24) is 5.32 Å². The van der Waals surface area contributed by atoms with E-state index in [-0.39, 0.29) is 5.91 Å². The average Bonchev–Trinajstić information content (AvgIpc) is 2.59. The van der Waals surface area contributed by atoms with Gasteiger partial charge in [-0.2, -0.15) is 0 Å². The van der Waals surface area contributed by atoms with E-state index in [1.807, 2.05) is 13.0 Å². The van der Waals surface area contributed by atoms with Crippen molar-refractivity contribution >= 4 is 28.4 Å². The van der Waals surface area contributed by atoms with Gasteiger partial charge >= 0.3 is 0 Å². The average molecular weight is 346 g/mol. The molecule has 1 N–H and O–H groups in total. The molecule has 3 heteroatoms. The van der Waals surface area contributed by atoms with Crippen LogP contribution in [0.1, 0.15) is 19.4 Å². The number of hydrogen-bond acceptors (Lipinski definition) is 2. The molecule has 0 heterocycles. The van der Waals surface area contributed by atoms with E-state index in [9.17, 15) is 4.79 Å². The Kier molecular flexibility index (Phi) is 6.56. The quantitative estimate of drug-likeness (QED) is 0.741. The molecule has 2 aromatic carbocycles. The molecule has 0 saturated heterocycles. The first kappa shape index (κ1) is 19.3. The zero-order chi connectivity index (χ0) is 19.1. The molecule has 0 saturated carbocycles. The Hall–Kier alpha value is -3.07. The topological polar surface area (TPSA) is 32.3 Å². The van der Waals surface area contributed by atoms with Gasteiger partial charge in [0, 0.05) is 37.8 Å². The summed E-state index contributed by atoms with van der Waals surface area (Å²) in [5, 5.41) is 5.24. The molecule has 0 fully saturated rings. The van der Waals surface area contributed by atoms with Gasteiger partial charge in [0.05, 0.1) is 0 Å². The van der Waals surface area contributed by atoms with E-state index < -0.39 is 0 Å². The third-order valence-corrected chi connectivity index (χ3v) is 3.94. The number of fused-ring (bicyclic) bond motifs is 1. The monoisotopic (exact) mass is 346 g/mol. The van der Waals surface area contributed by atoms with Gasteiger partial charge in [-0.15, -0.1) is 0 Å². The van der Waals surface area contributed by atoms with Crippen molar-refractivity contribution in [2.24, 2.45) is 0 Å². The Morgan fingerprint density at radius 1 is 1.08 bits per heavy atom. The highest BCUT2D eigenvalue weighted by Gasteiger charge is 2.05. The number of benzene rings is 2. The van der Waals surface area contributed by atoms with Crippen LogP contribution in [0.25, 0.3) is 16.8 Å². The Morgan fingerprint density at radius 2 is 1.77 bits per heavy atom. The zero-order valence-electron chi connectivity index (χ0n) is 15.9. The number of anilines is 1. The maximum absolute atomic E-state index is 11.3. The van der Waals surface area contributed by atoms with Crippen LogP contribution >= 0.6 is 0 Å². The van der Waals surface area contributed by atoms with Gasteiger partial charge in [-0.1, -0.05) is 55.1 Å². The van der Waals surface area contributed by atoms with Crippen molar-refractivity contribution in [2.75, 3.05) is 19.0 Å². The summed E-state index contributed by atoms with van der Waals surface area (Å²) in [6.45, 7) is 7.19. The number of hydrogen-bond donors (Lipinski definition) is 1. The lowest BCUT2D eigenvalue weighted by Gasteiger charge is -2.16. The molecule has 0 unspecified atom stereocenters. The van der Waals surface area contributed by atoms with Crippen LogP contribution in [0.2, 0.25) is 0 Å². The van der Waals surface area contributed by atoms with Crippen LogP contribution in [-0.4, -0.2) is 20.0 Å². The van der Waals surface area contributed by atoms with E-state index in [2.05, 4.69) is 79.4 Å². The van der Waals surface area contributed by atoms with Gasteiger partial charge in [0.1, 0.15) is 0 Å². The van der Waals surface area contributed by atoms with Gasteiger partial charge in [0.15, 0.2) is 0 Å². The lowest BCUT2D eigenvalue weighted by Crippen LogP contribution is -2.17. The molecular weight excluding hydrogens is 320 g/mol. The minimum atomic E-state index is -0.101. The summed E-state index contributed by atoms with van der Waals surface area (Å²) >= 11 is 0. The summed E-state index contributed by atoms with van der Waals surface area (Å²) in [5.74, 6) is -0.101. The highest BCUT2D eigenvalue weighted by molar-refractivity contribution is 5.99. The lowest BCUT2D eigenvalue weighted by atomic mass is 10.0. The van der Waals surface area contributed by atoms with E-state index in [1.165, 1.54) is 23.4 Å². The van der Waals surface area contributed by atoms with Crippen molar-refractivity contribution in [3.8, 4) is 0 Å². The van der Waals surface area contributed by atoms with E-state index in [1.54, 1.807) is 12.2 Å². The first-order chi connectivity index (χ1) is 12.4. The van der Waals surface area contributed by atoms with Gasteiger partial charge in [-0.05, 0) is 41.7 Å². The number of carbonyl (C=O) groups is 1. The zero-order valence-corrected chi connectivity index (χ0v) is 15.9. The second-order valence-corrected chi connectivity index (χ2v) is 6.37. The Balaban J connectivity index is 2.37. The van der Waals surface area contributed by atoms with E-state index >= 15 is 0 Å². The van der Waals surface area contributed by atoms with Gasteiger partial charge in [0.2, 0.25) is 5.91 Å². The van der Waals surface area contributed by atoms with Crippen LogP contribution < -0.4 is 10.2 Å². The third kappa shape index (κ3) is 4.96. The molecule has 0 radical (unpaired) electrons. The fraction of sp³-hybridized carbons (Fsp3) is 0.174. The predicted octanol–water partition coefficient (Wildman–Crippen LogP) is 5.07. The normalized spacial score (nSPS) is 12.5. The molecule has 0 aliphatic carbocycles. The highest BCUT2D eigenvalue weighted by atomic mass is 16.1. The fourth-order valence-corrected chi connectivity index (χ4v) is 2.81. The molecule has 0 aliphatic heterocycles. The van der Waals surface area contributed by atoms with Crippen LogP contribution in [0, 0.1) is 0 Å². The first-order valence-electron chi connectivity index (χ1n) is 8.58. The smallest absolute Gasteiger partial charge is 0.221 e. The number of nitrogens with zero attached hydrogens (tertiary/aromatic N) is 1. The molecule has 3 nitrogen and oxygen atoms in total. The molecule has 0 aromatic heterocycles. The molecule has 0 bridgehead atoms. The van der Waals surface area contributed by atoms with Gasteiger partial charge in [-0.3, -0.25) is 4.79 Å². The molecule has 0 aliphatic rings. The number of amides is 1. The summed E-state index contributed by atoms with van der Waals surface area (Å²) in [5.41, 5.74) is 4.12. The fourth-order valence-electron chi connectivity index (χ4n) is 2.81. The van der Waals surface area contributed by atoms with Crippen molar-refractivity contribution in [3.05, 3.63) is 84.1 Å². The van der Waals surface area contributed by atoms with Crippen molar-refractivity contribution in [3.63, 3.8) is 0 Å². The molecule has 0 atom stereocenters. The molecular formula is C23H26N2O. The van der Waals surface area contributed by atoms with E-state index in [0.717, 1.165) is 16.8 Å². The molecule has 1 amide bonds. The molecule has 26 heavy (non-hydrogen) atoms. The van der Waals surface area contributed by atoms with Crippen LogP contribution in [0.4, 0.5) is 5.69 Å². The third-order valence-electron chi connectivity index (χ3n) is 3.94. The van der Waals surface area contributed by atoms with Crippen molar-refractivity contribution in [2.45, 2.75) is 13.8 Å². The standard InChI is InChI=1S/C23H26N2O/c1-6-9-20(24-18(3)26)16-17(2)12-13-19-14-15-23(25(4)5)22-11-8-7-10-21(19)22/h6-16H,1H2,2-5H3,(H,24,26)/b13-12+,17-16+,20-9+. The Labute approximate surface area is 156 Å². The van der Waals surface area contributed by atoms with E-state index in [0.29, 0.717) is 0 Å². The maximum Gasteiger partial charge on any atom is 0.221 e. The van der Waals surface area contributed by atoms with Gasteiger partial charge < -0.3 is 10.2 Å². The maximum atomic E-state index is 11.3. The summed E-state index contributed by atoms with van der Waals surface area (Å²) < 4.78 is 0. The second-order valence-electron chi connectivity index (χ2n) is 6.37. The molecule has 0 spiro atoms. The number of rotatable bonds is 6. The van der Waals surface area contributed by atoms with Crippen molar-refractivity contribution in [1.29, 1.82) is 0 Å². The Bertz CT molecular complexity index is 902. The summed E-state index contributed by atoms with van der Waals surface area (Å²) in [6.07, 6.45) is 9.52. The highest BCUT2D eigenvalue weighted by Crippen LogP contribution is 2.29. The largest absolute Gasteiger partial charge is 0.377 e. The second kappa shape index (κ2) is 8.86. The van der Waals surface area contributed by atoms with Crippen LogP contribution in [-0.2, 0) is 4.79 Å². The molecule has 2 aromatic rings. The van der Waals surface area contributed by atoms with Gasteiger partial charge in [0.25, 0.3) is 0 Å². The van der Waals surface area contributed by atoms with Crippen molar-refractivity contribution < 1.29 is 4.79 Å². The summed E-state index contributed by atoms with van der Waals surface area (Å²) in [6, 6.07) is 12.7. The van der Waals surface area contributed by atoms with Gasteiger partial charge in [-0.25, -0.2) is 0 Å². The first-order valence-corrected chi connectivity index (χ1v) is 8.58. The predicted molar refractivity (Wildman–Crippen MR) is 113 cm³/mol. The van der Waals surface area contributed by atoms with Crippen LogP contribution in [0.3, 0.4) is 0 Å². The summed E-state index contributed by atoms with van der Waals surface area (Å²) in [7, 11) is 4.11. The van der Waals surface area contributed by atoms with Crippen LogP contribution in [0.5, 0.6) is 0 Å². The Morgan fingerprint density at radius 3 is 2.38 bits per heavy atom.